The van der Waals surface area contributed by atoms with E-state index in [2.05, 4.69) is 18.0 Å². The van der Waals surface area contributed by atoms with Gasteiger partial charge in [0.15, 0.2) is 11.1 Å². The predicted molar refractivity (Wildman–Crippen MR) is 77.2 cm³/mol. The molecule has 5 nitrogen and oxygen atoms in total. The Balaban J connectivity index is 1.94. The van der Waals surface area contributed by atoms with Crippen LogP contribution in [0.3, 0.4) is 0 Å². The van der Waals surface area contributed by atoms with E-state index in [1.807, 2.05) is 13.0 Å². The third kappa shape index (κ3) is 1.74. The summed E-state index contributed by atoms with van der Waals surface area (Å²) < 4.78 is 5.73. The Kier molecular flexibility index (Phi) is 3.37. The molecular formula is C16H23NO4. The molecule has 3 N–H and O–H groups in total. The molecule has 2 heterocycles. The van der Waals surface area contributed by atoms with Crippen LogP contribution in [0.1, 0.15) is 32.6 Å². The molecule has 2 saturated heterocycles. The molecule has 2 aliphatic heterocycles. The van der Waals surface area contributed by atoms with Crippen molar-refractivity contribution in [1.82, 2.24) is 5.32 Å². The molecule has 1 amide bonds. The van der Waals surface area contributed by atoms with Gasteiger partial charge in [-0.1, -0.05) is 18.7 Å². The normalized spacial score (nSPS) is 42.8. The third-order valence-corrected chi connectivity index (χ3v) is 5.42. The second kappa shape index (κ2) is 4.85. The summed E-state index contributed by atoms with van der Waals surface area (Å²) in [6, 6.07) is 0. The zero-order valence-corrected chi connectivity index (χ0v) is 12.3. The quantitative estimate of drug-likeness (QED) is 0.672. The number of amides is 1. The Hall–Kier alpha value is -1.33. The lowest BCUT2D eigenvalue weighted by molar-refractivity contribution is -0.203. The van der Waals surface area contributed by atoms with Crippen molar-refractivity contribution in [1.29, 1.82) is 0 Å². The first kappa shape index (κ1) is 14.6. The smallest absolute Gasteiger partial charge is 0.228 e. The van der Waals surface area contributed by atoms with Crippen molar-refractivity contribution in [2.45, 2.75) is 49.9 Å². The summed E-state index contributed by atoms with van der Waals surface area (Å²) in [6.07, 6.45) is 6.63. The second-order valence-corrected chi connectivity index (χ2v) is 6.46. The maximum Gasteiger partial charge on any atom is 0.228 e. The van der Waals surface area contributed by atoms with Crippen LogP contribution < -0.4 is 5.32 Å². The molecule has 0 bridgehead atoms. The molecule has 3 aliphatic rings. The fraction of sp³-hybridized carbons (Fsp3) is 0.688. The Bertz CT molecular complexity index is 503. The van der Waals surface area contributed by atoms with E-state index in [-0.39, 0.29) is 18.4 Å². The molecule has 2 fully saturated rings. The lowest BCUT2D eigenvalue weighted by Crippen LogP contribution is -2.75. The largest absolute Gasteiger partial charge is 0.486 e. The predicted octanol–water partition coefficient (Wildman–Crippen LogP) is 0.873. The van der Waals surface area contributed by atoms with E-state index in [1.165, 1.54) is 0 Å². The molecule has 21 heavy (non-hydrogen) atoms. The van der Waals surface area contributed by atoms with Crippen molar-refractivity contribution in [3.8, 4) is 0 Å². The summed E-state index contributed by atoms with van der Waals surface area (Å²) in [6.45, 7) is 5.63. The number of aliphatic hydroxyl groups is 2. The van der Waals surface area contributed by atoms with Crippen molar-refractivity contribution < 1.29 is 19.7 Å². The number of rotatable bonds is 4. The van der Waals surface area contributed by atoms with Crippen LogP contribution in [-0.2, 0) is 9.53 Å². The molecule has 3 rings (SSSR count). The number of hydrogen-bond donors (Lipinski definition) is 3. The van der Waals surface area contributed by atoms with Crippen LogP contribution in [-0.4, -0.2) is 40.0 Å². The highest BCUT2D eigenvalue weighted by Crippen LogP contribution is 2.57. The standard InChI is InChI=1S/C16H23NO4/c1-10-16(13(19)11-6-4-3-5-7-11)15(2,21-10)12(8-9-18)14(20)17-16/h4,6,11-13,18-19H,1,3,5,7-9H2,2H3,(H,17,20)/t11-,12+,13+,15+,16-/m1/s1. The summed E-state index contributed by atoms with van der Waals surface area (Å²) in [5, 5.41) is 23.0. The van der Waals surface area contributed by atoms with Gasteiger partial charge >= 0.3 is 0 Å². The molecule has 0 aromatic carbocycles. The minimum atomic E-state index is -0.934. The van der Waals surface area contributed by atoms with Crippen LogP contribution in [0.15, 0.2) is 24.5 Å². The number of fused-ring (bicyclic) bond motifs is 1. The minimum Gasteiger partial charge on any atom is -0.486 e. The fourth-order valence-corrected chi connectivity index (χ4v) is 4.21. The van der Waals surface area contributed by atoms with Gasteiger partial charge in [0.25, 0.3) is 0 Å². The Labute approximate surface area is 124 Å². The van der Waals surface area contributed by atoms with E-state index in [9.17, 15) is 15.0 Å². The van der Waals surface area contributed by atoms with Gasteiger partial charge in [0.2, 0.25) is 5.91 Å². The van der Waals surface area contributed by atoms with E-state index in [0.29, 0.717) is 12.2 Å². The van der Waals surface area contributed by atoms with Crippen molar-refractivity contribution in [2.24, 2.45) is 11.8 Å². The Morgan fingerprint density at radius 3 is 2.95 bits per heavy atom. The maximum atomic E-state index is 12.3. The summed E-state index contributed by atoms with van der Waals surface area (Å²) in [5.41, 5.74) is -1.77. The summed E-state index contributed by atoms with van der Waals surface area (Å²) in [5.74, 6) is -0.226. The number of ether oxygens (including phenoxy) is 1. The molecular weight excluding hydrogens is 270 g/mol. The van der Waals surface area contributed by atoms with E-state index in [1.54, 1.807) is 0 Å². The molecule has 0 aromatic heterocycles. The minimum absolute atomic E-state index is 0.00750. The second-order valence-electron chi connectivity index (χ2n) is 6.46. The summed E-state index contributed by atoms with van der Waals surface area (Å²) in [7, 11) is 0. The van der Waals surface area contributed by atoms with Crippen LogP contribution in [0, 0.1) is 11.8 Å². The van der Waals surface area contributed by atoms with Gasteiger partial charge in [-0.2, -0.15) is 0 Å². The molecule has 0 saturated carbocycles. The summed E-state index contributed by atoms with van der Waals surface area (Å²) >= 11 is 0. The van der Waals surface area contributed by atoms with Crippen LogP contribution in [0.25, 0.3) is 0 Å². The molecule has 0 unspecified atom stereocenters. The number of carbonyl (C=O) groups is 1. The lowest BCUT2D eigenvalue weighted by atomic mass is 9.63. The molecule has 116 valence electrons. The van der Waals surface area contributed by atoms with Crippen LogP contribution in [0.4, 0.5) is 0 Å². The first-order chi connectivity index (χ1) is 9.97. The van der Waals surface area contributed by atoms with Crippen molar-refractivity contribution >= 4 is 5.91 Å². The highest BCUT2D eigenvalue weighted by molar-refractivity contribution is 5.87. The fourth-order valence-electron chi connectivity index (χ4n) is 4.21. The van der Waals surface area contributed by atoms with Gasteiger partial charge in [-0.25, -0.2) is 0 Å². The molecule has 5 heteroatoms. The molecule has 0 spiro atoms. The Morgan fingerprint density at radius 2 is 2.38 bits per heavy atom. The summed E-state index contributed by atoms with van der Waals surface area (Å²) in [4.78, 5) is 12.3. The number of hydrogen-bond acceptors (Lipinski definition) is 4. The monoisotopic (exact) mass is 293 g/mol. The van der Waals surface area contributed by atoms with Gasteiger partial charge in [0.05, 0.1) is 12.0 Å². The number of allylic oxidation sites excluding steroid dienone is 1. The number of aliphatic hydroxyl groups excluding tert-OH is 2. The highest BCUT2D eigenvalue weighted by atomic mass is 16.5. The number of nitrogens with one attached hydrogen (secondary N) is 1. The van der Waals surface area contributed by atoms with Gasteiger partial charge in [0, 0.05) is 12.5 Å². The molecule has 1 aliphatic carbocycles. The van der Waals surface area contributed by atoms with Gasteiger partial charge in [-0.05, 0) is 32.6 Å². The van der Waals surface area contributed by atoms with Gasteiger partial charge in [-0.3, -0.25) is 4.79 Å². The van der Waals surface area contributed by atoms with E-state index >= 15 is 0 Å². The third-order valence-electron chi connectivity index (χ3n) is 5.42. The van der Waals surface area contributed by atoms with Gasteiger partial charge in [-0.15, -0.1) is 0 Å². The van der Waals surface area contributed by atoms with Gasteiger partial charge in [0.1, 0.15) is 5.76 Å². The topological polar surface area (TPSA) is 78.8 Å². The van der Waals surface area contributed by atoms with E-state index in [0.717, 1.165) is 19.3 Å². The highest BCUT2D eigenvalue weighted by Gasteiger charge is 2.75. The van der Waals surface area contributed by atoms with Crippen LogP contribution in [0.5, 0.6) is 0 Å². The van der Waals surface area contributed by atoms with E-state index in [4.69, 9.17) is 4.74 Å². The van der Waals surface area contributed by atoms with E-state index < -0.39 is 23.2 Å². The van der Waals surface area contributed by atoms with Crippen molar-refractivity contribution in [3.05, 3.63) is 24.5 Å². The zero-order chi connectivity index (χ0) is 15.3. The molecule has 0 aromatic rings. The molecule has 0 radical (unpaired) electrons. The van der Waals surface area contributed by atoms with Gasteiger partial charge < -0.3 is 20.3 Å². The molecule has 5 atom stereocenters. The van der Waals surface area contributed by atoms with Crippen molar-refractivity contribution in [2.75, 3.05) is 6.61 Å². The first-order valence-electron chi connectivity index (χ1n) is 7.63. The SMILES string of the molecule is C=C1O[C@@]2(C)[C@@H](CCO)C(=O)N[C@@]12[C@@H](O)[C@@H]1C=CCCC1. The van der Waals surface area contributed by atoms with Crippen LogP contribution in [0.2, 0.25) is 0 Å². The maximum absolute atomic E-state index is 12.3. The number of carbonyl (C=O) groups excluding carboxylic acids is 1. The van der Waals surface area contributed by atoms with Crippen molar-refractivity contribution in [3.63, 3.8) is 0 Å². The lowest BCUT2D eigenvalue weighted by Gasteiger charge is -2.58. The average molecular weight is 293 g/mol. The Morgan fingerprint density at radius 1 is 1.62 bits per heavy atom. The van der Waals surface area contributed by atoms with Crippen LogP contribution >= 0.6 is 0 Å². The average Bonchev–Trinajstić information content (AvgIpc) is 2.65. The zero-order valence-electron chi connectivity index (χ0n) is 12.3. The first-order valence-corrected chi connectivity index (χ1v) is 7.63.